The number of carbonyl (C=O) groups excluding carboxylic acids is 1. The van der Waals surface area contributed by atoms with Crippen molar-refractivity contribution in [2.45, 2.75) is 11.8 Å². The van der Waals surface area contributed by atoms with Gasteiger partial charge < -0.3 is 0 Å². The number of rotatable bonds is 6. The number of carbonyl (C=O) groups is 1. The summed E-state index contributed by atoms with van der Waals surface area (Å²) in [5, 5.41) is 6.52. The molecule has 3 aromatic rings. The highest BCUT2D eigenvalue weighted by molar-refractivity contribution is 9.10. The van der Waals surface area contributed by atoms with Crippen LogP contribution in [0.1, 0.15) is 12.5 Å². The van der Waals surface area contributed by atoms with Gasteiger partial charge in [0.1, 0.15) is 0 Å². The predicted octanol–water partition coefficient (Wildman–Crippen LogP) is 3.45. The molecule has 0 atom stereocenters. The summed E-state index contributed by atoms with van der Waals surface area (Å²) < 4.78 is 27.9. The molecule has 9 heteroatoms. The Kier molecular flexibility index (Phi) is 7.23. The van der Waals surface area contributed by atoms with Crippen LogP contribution in [0.15, 0.2) is 81.2 Å². The highest BCUT2D eigenvalue weighted by Gasteiger charge is 2.29. The van der Waals surface area contributed by atoms with Crippen LogP contribution in [-0.2, 0) is 14.8 Å². The summed E-state index contributed by atoms with van der Waals surface area (Å²) in [4.78, 5) is 14.6. The molecule has 0 bridgehead atoms. The Morgan fingerprint density at radius 1 is 0.970 bits per heavy atom. The molecule has 0 aliphatic carbocycles. The first-order valence-electron chi connectivity index (χ1n) is 10.6. The van der Waals surface area contributed by atoms with Crippen molar-refractivity contribution in [2.75, 3.05) is 32.7 Å². The van der Waals surface area contributed by atoms with E-state index in [2.05, 4.69) is 32.5 Å². The first-order chi connectivity index (χ1) is 15.8. The number of sulfonamides is 1. The van der Waals surface area contributed by atoms with Gasteiger partial charge in [0.2, 0.25) is 10.0 Å². The zero-order chi connectivity index (χ0) is 23.4. The first-order valence-corrected chi connectivity index (χ1v) is 12.9. The van der Waals surface area contributed by atoms with Crippen molar-refractivity contribution in [1.29, 1.82) is 0 Å². The van der Waals surface area contributed by atoms with Crippen LogP contribution in [0, 0.1) is 0 Å². The fraction of sp³-hybridized carbons (Fsp3) is 0.250. The molecule has 1 aliphatic heterocycles. The van der Waals surface area contributed by atoms with Gasteiger partial charge in [-0.2, -0.15) is 9.41 Å². The van der Waals surface area contributed by atoms with Crippen LogP contribution in [0.5, 0.6) is 0 Å². The lowest BCUT2D eigenvalue weighted by Crippen LogP contribution is -2.50. The Balaban J connectivity index is 1.30. The molecule has 1 saturated heterocycles. The fourth-order valence-electron chi connectivity index (χ4n) is 3.75. The number of hydrogen-bond acceptors (Lipinski definition) is 5. The number of hydrazone groups is 1. The van der Waals surface area contributed by atoms with Crippen LogP contribution in [0.4, 0.5) is 0 Å². The molecule has 33 heavy (non-hydrogen) atoms. The minimum atomic E-state index is -3.54. The van der Waals surface area contributed by atoms with E-state index in [0.29, 0.717) is 26.2 Å². The summed E-state index contributed by atoms with van der Waals surface area (Å²) in [6, 6.07) is 20.8. The maximum Gasteiger partial charge on any atom is 0.254 e. The van der Waals surface area contributed by atoms with Crippen molar-refractivity contribution in [2.24, 2.45) is 5.10 Å². The van der Waals surface area contributed by atoms with E-state index in [0.717, 1.165) is 26.5 Å². The Labute approximate surface area is 202 Å². The molecule has 0 aromatic heterocycles. The van der Waals surface area contributed by atoms with Gasteiger partial charge in [-0.05, 0) is 53.6 Å². The van der Waals surface area contributed by atoms with Crippen LogP contribution in [0.25, 0.3) is 10.8 Å². The minimum absolute atomic E-state index is 0.167. The van der Waals surface area contributed by atoms with Crippen LogP contribution < -0.4 is 5.43 Å². The van der Waals surface area contributed by atoms with Gasteiger partial charge >= 0.3 is 0 Å². The lowest BCUT2D eigenvalue weighted by Gasteiger charge is -2.33. The molecule has 0 spiro atoms. The Morgan fingerprint density at radius 2 is 1.64 bits per heavy atom. The third-order valence-electron chi connectivity index (χ3n) is 5.67. The molecule has 1 aliphatic rings. The molecule has 4 rings (SSSR count). The maximum absolute atomic E-state index is 12.8. The minimum Gasteiger partial charge on any atom is -0.292 e. The molecule has 172 valence electrons. The van der Waals surface area contributed by atoms with Crippen molar-refractivity contribution >= 4 is 48.3 Å². The van der Waals surface area contributed by atoms with E-state index < -0.39 is 10.0 Å². The van der Waals surface area contributed by atoms with Crippen molar-refractivity contribution in [1.82, 2.24) is 14.6 Å². The second kappa shape index (κ2) is 10.1. The maximum atomic E-state index is 12.8. The largest absolute Gasteiger partial charge is 0.292 e. The highest BCUT2D eigenvalue weighted by Crippen LogP contribution is 2.20. The molecule has 1 fully saturated rings. The fourth-order valence-corrected chi connectivity index (χ4v) is 5.43. The summed E-state index contributed by atoms with van der Waals surface area (Å²) in [6.45, 7) is 3.67. The molecule has 0 radical (unpaired) electrons. The van der Waals surface area contributed by atoms with Gasteiger partial charge in [-0.25, -0.2) is 13.8 Å². The monoisotopic (exact) mass is 528 g/mol. The van der Waals surface area contributed by atoms with Crippen molar-refractivity contribution in [3.05, 3.63) is 76.8 Å². The Bertz CT molecular complexity index is 1280. The summed E-state index contributed by atoms with van der Waals surface area (Å²) >= 11 is 3.32. The number of fused-ring (bicyclic) bond motifs is 1. The van der Waals surface area contributed by atoms with Gasteiger partial charge in [0.05, 0.1) is 17.2 Å². The van der Waals surface area contributed by atoms with E-state index in [1.165, 1.54) is 4.31 Å². The molecule has 1 heterocycles. The van der Waals surface area contributed by atoms with Gasteiger partial charge in [-0.1, -0.05) is 52.3 Å². The summed E-state index contributed by atoms with van der Waals surface area (Å²) in [5.41, 5.74) is 4.29. The molecular weight excluding hydrogens is 504 g/mol. The van der Waals surface area contributed by atoms with E-state index in [1.54, 1.807) is 24.3 Å². The van der Waals surface area contributed by atoms with Gasteiger partial charge in [0.25, 0.3) is 5.91 Å². The SMILES string of the molecule is C/C(=N\NC(=O)CN1CCN(S(=O)(=O)c2ccc(Br)cc2)CC1)c1ccc2ccccc2c1. The van der Waals surface area contributed by atoms with Crippen molar-refractivity contribution in [3.8, 4) is 0 Å². The molecule has 0 saturated carbocycles. The number of halogens is 1. The smallest absolute Gasteiger partial charge is 0.254 e. The average molecular weight is 529 g/mol. The van der Waals surface area contributed by atoms with E-state index in [1.807, 2.05) is 48.2 Å². The van der Waals surface area contributed by atoms with E-state index in [4.69, 9.17) is 0 Å². The molecule has 0 unspecified atom stereocenters. The van der Waals surface area contributed by atoms with Gasteiger partial charge in [0.15, 0.2) is 0 Å². The average Bonchev–Trinajstić information content (AvgIpc) is 2.83. The normalized spacial score (nSPS) is 16.1. The summed E-state index contributed by atoms with van der Waals surface area (Å²) in [7, 11) is -3.54. The standard InChI is InChI=1S/C24H25BrN4O3S/c1-18(20-7-6-19-4-2-3-5-21(19)16-20)26-27-24(30)17-28-12-14-29(15-13-28)33(31,32)23-10-8-22(25)9-11-23/h2-11,16H,12-15,17H2,1H3,(H,27,30)/b26-18+. The molecule has 1 N–H and O–H groups in total. The van der Waals surface area contributed by atoms with Gasteiger partial charge in [-0.15, -0.1) is 0 Å². The first kappa shape index (κ1) is 23.6. The topological polar surface area (TPSA) is 82.1 Å². The third kappa shape index (κ3) is 5.67. The number of amides is 1. The second-order valence-corrected chi connectivity index (χ2v) is 10.8. The van der Waals surface area contributed by atoms with Gasteiger partial charge in [0, 0.05) is 30.7 Å². The van der Waals surface area contributed by atoms with Crippen molar-refractivity contribution < 1.29 is 13.2 Å². The van der Waals surface area contributed by atoms with Crippen LogP contribution in [-0.4, -0.2) is 62.0 Å². The predicted molar refractivity (Wildman–Crippen MR) is 134 cm³/mol. The van der Waals surface area contributed by atoms with Crippen LogP contribution >= 0.6 is 15.9 Å². The highest BCUT2D eigenvalue weighted by atomic mass is 79.9. The number of hydrogen-bond donors (Lipinski definition) is 1. The number of nitrogens with one attached hydrogen (secondary N) is 1. The van der Waals surface area contributed by atoms with Gasteiger partial charge in [-0.3, -0.25) is 9.69 Å². The van der Waals surface area contributed by atoms with E-state index >= 15 is 0 Å². The molecular formula is C24H25BrN4O3S. The number of piperazine rings is 1. The molecule has 1 amide bonds. The number of benzene rings is 3. The zero-order valence-corrected chi connectivity index (χ0v) is 20.6. The molecule has 7 nitrogen and oxygen atoms in total. The number of nitrogens with zero attached hydrogens (tertiary/aromatic N) is 3. The van der Waals surface area contributed by atoms with E-state index in [9.17, 15) is 13.2 Å². The Morgan fingerprint density at radius 3 is 2.33 bits per heavy atom. The molecule has 3 aromatic carbocycles. The quantitative estimate of drug-likeness (QED) is 0.392. The van der Waals surface area contributed by atoms with Crippen molar-refractivity contribution in [3.63, 3.8) is 0 Å². The van der Waals surface area contributed by atoms with Crippen LogP contribution in [0.3, 0.4) is 0 Å². The van der Waals surface area contributed by atoms with E-state index in [-0.39, 0.29) is 17.3 Å². The third-order valence-corrected chi connectivity index (χ3v) is 8.11. The summed E-state index contributed by atoms with van der Waals surface area (Å²) in [5.74, 6) is -0.223. The Hall–Kier alpha value is -2.59. The zero-order valence-electron chi connectivity index (χ0n) is 18.2. The van der Waals surface area contributed by atoms with Crippen LogP contribution in [0.2, 0.25) is 0 Å². The summed E-state index contributed by atoms with van der Waals surface area (Å²) in [6.07, 6.45) is 0. The second-order valence-electron chi connectivity index (χ2n) is 7.93. The lowest BCUT2D eigenvalue weighted by molar-refractivity contribution is -0.122. The lowest BCUT2D eigenvalue weighted by atomic mass is 10.0.